The van der Waals surface area contributed by atoms with Crippen LogP contribution in [0, 0.1) is 6.92 Å². The van der Waals surface area contributed by atoms with Crippen LogP contribution in [0.5, 0.6) is 0 Å². The van der Waals surface area contributed by atoms with Crippen LogP contribution in [0.3, 0.4) is 0 Å². The van der Waals surface area contributed by atoms with E-state index in [4.69, 9.17) is 14.6 Å². The van der Waals surface area contributed by atoms with Crippen LogP contribution in [0.15, 0.2) is 45.2 Å². The van der Waals surface area contributed by atoms with Crippen molar-refractivity contribution in [2.45, 2.75) is 6.92 Å². The van der Waals surface area contributed by atoms with E-state index in [0.717, 1.165) is 38.5 Å². The number of nitrogens with two attached hydrogens (primary N) is 1. The molecule has 4 rings (SSSR count). The number of rotatable bonds is 0. The third-order valence-corrected chi connectivity index (χ3v) is 3.34. The van der Waals surface area contributed by atoms with Gasteiger partial charge in [0.25, 0.3) is 0 Å². The summed E-state index contributed by atoms with van der Waals surface area (Å²) >= 11 is 0. The Morgan fingerprint density at radius 1 is 0.778 bits per heavy atom. The molecule has 3 heteroatoms. The Balaban J connectivity index is 2.29. The molecule has 0 saturated carbocycles. The van der Waals surface area contributed by atoms with Gasteiger partial charge in [-0.1, -0.05) is 0 Å². The van der Waals surface area contributed by atoms with Gasteiger partial charge in [0.2, 0.25) is 0 Å². The molecule has 2 N–H and O–H groups in total. The zero-order valence-corrected chi connectivity index (χ0v) is 9.86. The summed E-state index contributed by atoms with van der Waals surface area (Å²) in [7, 11) is 0. The number of benzene rings is 2. The monoisotopic (exact) mass is 237 g/mol. The summed E-state index contributed by atoms with van der Waals surface area (Å²) in [6.07, 6.45) is 0. The van der Waals surface area contributed by atoms with E-state index < -0.39 is 0 Å². The van der Waals surface area contributed by atoms with Gasteiger partial charge in [-0.3, -0.25) is 0 Å². The smallest absolute Gasteiger partial charge is 0.191 e. The number of nitrogen functional groups attached to an aromatic ring is 1. The number of aryl methyl sites for hydroxylation is 1. The van der Waals surface area contributed by atoms with Gasteiger partial charge in [0.15, 0.2) is 5.88 Å². The largest absolute Gasteiger partial charge is 0.461 e. The van der Waals surface area contributed by atoms with Gasteiger partial charge < -0.3 is 14.6 Å². The van der Waals surface area contributed by atoms with Crippen molar-refractivity contribution in [3.8, 4) is 0 Å². The second-order valence-corrected chi connectivity index (χ2v) is 4.56. The van der Waals surface area contributed by atoms with E-state index in [1.54, 1.807) is 0 Å². The maximum atomic E-state index is 5.71. The average Bonchev–Trinajstić information content (AvgIpc) is 2.89. The highest BCUT2D eigenvalue weighted by Crippen LogP contribution is 2.34. The quantitative estimate of drug-likeness (QED) is 0.498. The Morgan fingerprint density at radius 2 is 1.39 bits per heavy atom. The Morgan fingerprint density at radius 3 is 2.11 bits per heavy atom. The van der Waals surface area contributed by atoms with Gasteiger partial charge in [-0.15, -0.1) is 0 Å². The highest BCUT2D eigenvalue weighted by molar-refractivity contribution is 6.16. The van der Waals surface area contributed by atoms with Crippen LogP contribution in [-0.4, -0.2) is 0 Å². The van der Waals surface area contributed by atoms with E-state index in [2.05, 4.69) is 18.2 Å². The standard InChI is InChI=1S/C15H11NO2/c1-8-6-11-9-3-5-14-12(7-15(16)18-14)10(9)2-4-13(11)17-8/h2-7H,16H2,1H3. The Bertz CT molecular complexity index is 823. The first kappa shape index (κ1) is 9.59. The van der Waals surface area contributed by atoms with E-state index in [1.807, 2.05) is 25.1 Å². The topological polar surface area (TPSA) is 52.3 Å². The van der Waals surface area contributed by atoms with E-state index in [-0.39, 0.29) is 0 Å². The van der Waals surface area contributed by atoms with E-state index in [9.17, 15) is 0 Å². The SMILES string of the molecule is Cc1cc2c(ccc3c4cc(N)oc4ccc23)o1. The second kappa shape index (κ2) is 3.07. The molecule has 0 saturated heterocycles. The summed E-state index contributed by atoms with van der Waals surface area (Å²) in [5, 5.41) is 4.48. The predicted octanol–water partition coefficient (Wildman–Crippen LogP) is 4.22. The number of fused-ring (bicyclic) bond motifs is 5. The molecule has 0 unspecified atom stereocenters. The lowest BCUT2D eigenvalue weighted by Crippen LogP contribution is -1.75. The lowest BCUT2D eigenvalue weighted by atomic mass is 10.0. The van der Waals surface area contributed by atoms with Gasteiger partial charge in [-0.05, 0) is 48.0 Å². The number of hydrogen-bond donors (Lipinski definition) is 1. The molecule has 0 bridgehead atoms. The van der Waals surface area contributed by atoms with E-state index in [1.165, 1.54) is 0 Å². The lowest BCUT2D eigenvalue weighted by Gasteiger charge is -1.99. The fourth-order valence-electron chi connectivity index (χ4n) is 2.59. The molecule has 0 spiro atoms. The summed E-state index contributed by atoms with van der Waals surface area (Å²) in [5.74, 6) is 1.37. The van der Waals surface area contributed by atoms with Crippen molar-refractivity contribution >= 4 is 38.6 Å². The first-order valence-corrected chi connectivity index (χ1v) is 5.83. The summed E-state index contributed by atoms with van der Waals surface area (Å²) in [6.45, 7) is 1.96. The van der Waals surface area contributed by atoms with Gasteiger partial charge in [0.1, 0.15) is 16.9 Å². The predicted molar refractivity (Wildman–Crippen MR) is 72.6 cm³/mol. The average molecular weight is 237 g/mol. The van der Waals surface area contributed by atoms with Gasteiger partial charge in [0.05, 0.1) is 0 Å². The van der Waals surface area contributed by atoms with E-state index >= 15 is 0 Å². The lowest BCUT2D eigenvalue weighted by molar-refractivity contribution is 0.579. The number of furan rings is 2. The molecule has 3 nitrogen and oxygen atoms in total. The second-order valence-electron chi connectivity index (χ2n) is 4.56. The molecular formula is C15H11NO2. The van der Waals surface area contributed by atoms with Gasteiger partial charge in [0, 0.05) is 16.8 Å². The molecule has 0 atom stereocenters. The maximum absolute atomic E-state index is 5.71. The minimum absolute atomic E-state index is 0.445. The Labute approximate surface area is 103 Å². The van der Waals surface area contributed by atoms with Crippen molar-refractivity contribution < 1.29 is 8.83 Å². The summed E-state index contributed by atoms with van der Waals surface area (Å²) < 4.78 is 11.1. The van der Waals surface area contributed by atoms with Crippen LogP contribution >= 0.6 is 0 Å². The van der Waals surface area contributed by atoms with Gasteiger partial charge >= 0.3 is 0 Å². The fraction of sp³-hybridized carbons (Fsp3) is 0.0667. The molecule has 4 aromatic rings. The summed E-state index contributed by atoms with van der Waals surface area (Å²) in [6, 6.07) is 12.0. The van der Waals surface area contributed by atoms with Crippen LogP contribution < -0.4 is 5.73 Å². The zero-order chi connectivity index (χ0) is 12.3. The Hall–Kier alpha value is -2.42. The molecule has 0 aliphatic carbocycles. The van der Waals surface area contributed by atoms with Crippen molar-refractivity contribution in [1.82, 2.24) is 0 Å². The van der Waals surface area contributed by atoms with Crippen LogP contribution in [0.2, 0.25) is 0 Å². The van der Waals surface area contributed by atoms with Crippen LogP contribution in [-0.2, 0) is 0 Å². The molecule has 0 amide bonds. The van der Waals surface area contributed by atoms with Crippen LogP contribution in [0.25, 0.3) is 32.7 Å². The number of anilines is 1. The highest BCUT2D eigenvalue weighted by Gasteiger charge is 2.10. The molecule has 2 heterocycles. The minimum atomic E-state index is 0.445. The fourth-order valence-corrected chi connectivity index (χ4v) is 2.59. The molecule has 2 aromatic heterocycles. The minimum Gasteiger partial charge on any atom is -0.461 e. The number of hydrogen-bond acceptors (Lipinski definition) is 3. The molecule has 0 radical (unpaired) electrons. The van der Waals surface area contributed by atoms with Crippen molar-refractivity contribution in [1.29, 1.82) is 0 Å². The molecule has 0 aliphatic heterocycles. The molecule has 18 heavy (non-hydrogen) atoms. The Kier molecular flexibility index (Phi) is 1.64. The van der Waals surface area contributed by atoms with Gasteiger partial charge in [-0.25, -0.2) is 0 Å². The van der Waals surface area contributed by atoms with E-state index in [0.29, 0.717) is 5.88 Å². The van der Waals surface area contributed by atoms with Crippen LogP contribution in [0.1, 0.15) is 5.76 Å². The normalized spacial score (nSPS) is 11.8. The van der Waals surface area contributed by atoms with Crippen molar-refractivity contribution in [2.75, 3.05) is 5.73 Å². The van der Waals surface area contributed by atoms with Gasteiger partial charge in [-0.2, -0.15) is 0 Å². The maximum Gasteiger partial charge on any atom is 0.191 e. The zero-order valence-electron chi connectivity index (χ0n) is 9.86. The molecule has 88 valence electrons. The highest BCUT2D eigenvalue weighted by atomic mass is 16.3. The summed E-state index contributed by atoms with van der Waals surface area (Å²) in [4.78, 5) is 0. The third kappa shape index (κ3) is 1.13. The van der Waals surface area contributed by atoms with Crippen LogP contribution in [0.4, 0.5) is 5.88 Å². The van der Waals surface area contributed by atoms with Crippen molar-refractivity contribution in [3.63, 3.8) is 0 Å². The van der Waals surface area contributed by atoms with Crippen molar-refractivity contribution in [3.05, 3.63) is 42.2 Å². The molecule has 0 fully saturated rings. The first-order valence-electron chi connectivity index (χ1n) is 5.83. The molecule has 2 aromatic carbocycles. The van der Waals surface area contributed by atoms with Crippen molar-refractivity contribution in [2.24, 2.45) is 0 Å². The first-order chi connectivity index (χ1) is 8.72. The molecular weight excluding hydrogens is 226 g/mol. The molecule has 0 aliphatic rings. The summed E-state index contributed by atoms with van der Waals surface area (Å²) in [5.41, 5.74) is 7.44. The third-order valence-electron chi connectivity index (χ3n) is 3.34.